The lowest BCUT2D eigenvalue weighted by molar-refractivity contribution is 0.0748. The minimum absolute atomic E-state index is 0. The second kappa shape index (κ2) is 7.42. The first-order chi connectivity index (χ1) is 10.9. The lowest BCUT2D eigenvalue weighted by atomic mass is 10.1. The molecule has 24 heavy (non-hydrogen) atoms. The van der Waals surface area contributed by atoms with E-state index in [1.165, 1.54) is 6.42 Å². The Bertz CT molecular complexity index is 688. The van der Waals surface area contributed by atoms with Gasteiger partial charge in [0.15, 0.2) is 9.84 Å². The molecule has 1 amide bonds. The van der Waals surface area contributed by atoms with E-state index in [-0.39, 0.29) is 23.2 Å². The number of benzene rings is 1. The number of likely N-dealkylation sites (tertiary alicyclic amines) is 1. The number of rotatable bonds is 3. The SMILES string of the molecule is CC(C)S(=O)(=O)c1ccc(C(=O)N2CCC3CCC(C2)N3)cc1.Cl. The first kappa shape index (κ1) is 19.2. The van der Waals surface area contributed by atoms with Crippen LogP contribution in [0.5, 0.6) is 0 Å². The number of halogens is 1. The lowest BCUT2D eigenvalue weighted by Gasteiger charge is -2.24. The highest BCUT2D eigenvalue weighted by molar-refractivity contribution is 7.92. The summed E-state index contributed by atoms with van der Waals surface area (Å²) in [7, 11) is -3.29. The predicted octanol–water partition coefficient (Wildman–Crippen LogP) is 2.26. The Balaban J connectivity index is 0.00000208. The van der Waals surface area contributed by atoms with Gasteiger partial charge < -0.3 is 10.2 Å². The number of amides is 1. The normalized spacial score (nSPS) is 23.7. The molecule has 0 aromatic heterocycles. The van der Waals surface area contributed by atoms with Gasteiger partial charge in [0.1, 0.15) is 0 Å². The van der Waals surface area contributed by atoms with Gasteiger partial charge in [-0.3, -0.25) is 4.79 Å². The van der Waals surface area contributed by atoms with Crippen LogP contribution in [0.15, 0.2) is 29.2 Å². The van der Waals surface area contributed by atoms with E-state index in [0.29, 0.717) is 17.6 Å². The second-order valence-corrected chi connectivity index (χ2v) is 9.30. The minimum Gasteiger partial charge on any atom is -0.337 e. The molecule has 0 radical (unpaired) electrons. The number of fused-ring (bicyclic) bond motifs is 2. The largest absolute Gasteiger partial charge is 0.337 e. The summed E-state index contributed by atoms with van der Waals surface area (Å²) in [6.07, 6.45) is 3.32. The molecule has 7 heteroatoms. The van der Waals surface area contributed by atoms with E-state index in [1.54, 1.807) is 38.1 Å². The van der Waals surface area contributed by atoms with Gasteiger partial charge in [-0.05, 0) is 57.4 Å². The van der Waals surface area contributed by atoms with Crippen molar-refractivity contribution in [1.82, 2.24) is 10.2 Å². The van der Waals surface area contributed by atoms with Crippen molar-refractivity contribution in [3.05, 3.63) is 29.8 Å². The van der Waals surface area contributed by atoms with Gasteiger partial charge in [-0.25, -0.2) is 8.42 Å². The molecule has 1 N–H and O–H groups in total. The van der Waals surface area contributed by atoms with Gasteiger partial charge in [-0.1, -0.05) is 0 Å². The molecule has 2 unspecified atom stereocenters. The third-order valence-electron chi connectivity index (χ3n) is 4.86. The number of hydrogen-bond donors (Lipinski definition) is 1. The van der Waals surface area contributed by atoms with E-state index in [0.717, 1.165) is 25.9 Å². The van der Waals surface area contributed by atoms with Gasteiger partial charge in [0, 0.05) is 30.7 Å². The van der Waals surface area contributed by atoms with Crippen LogP contribution in [-0.4, -0.2) is 49.6 Å². The van der Waals surface area contributed by atoms with Crippen molar-refractivity contribution >= 4 is 28.2 Å². The molecule has 2 atom stereocenters. The summed E-state index contributed by atoms with van der Waals surface area (Å²) in [6.45, 7) is 4.82. The van der Waals surface area contributed by atoms with E-state index >= 15 is 0 Å². The van der Waals surface area contributed by atoms with Crippen LogP contribution in [0.25, 0.3) is 0 Å². The Kier molecular flexibility index (Phi) is 5.94. The van der Waals surface area contributed by atoms with E-state index in [9.17, 15) is 13.2 Å². The monoisotopic (exact) mass is 372 g/mol. The van der Waals surface area contributed by atoms with Crippen molar-refractivity contribution in [2.75, 3.05) is 13.1 Å². The highest BCUT2D eigenvalue weighted by Gasteiger charge is 2.31. The number of carbonyl (C=O) groups excluding carboxylic acids is 1. The van der Waals surface area contributed by atoms with Crippen LogP contribution in [0, 0.1) is 0 Å². The smallest absolute Gasteiger partial charge is 0.253 e. The molecule has 2 fully saturated rings. The van der Waals surface area contributed by atoms with Crippen molar-refractivity contribution in [3.8, 4) is 0 Å². The van der Waals surface area contributed by atoms with Crippen LogP contribution in [-0.2, 0) is 9.84 Å². The Labute approximate surface area is 150 Å². The number of sulfone groups is 1. The van der Waals surface area contributed by atoms with Gasteiger partial charge in [-0.15, -0.1) is 12.4 Å². The molecule has 2 saturated heterocycles. The maximum absolute atomic E-state index is 12.7. The number of hydrogen-bond acceptors (Lipinski definition) is 4. The fourth-order valence-electron chi connectivity index (χ4n) is 3.37. The molecule has 2 aliphatic heterocycles. The van der Waals surface area contributed by atoms with Gasteiger partial charge in [0.2, 0.25) is 0 Å². The van der Waals surface area contributed by atoms with E-state index in [2.05, 4.69) is 5.32 Å². The molecule has 5 nitrogen and oxygen atoms in total. The summed E-state index contributed by atoms with van der Waals surface area (Å²) in [5, 5.41) is 3.10. The quantitative estimate of drug-likeness (QED) is 0.883. The molecule has 0 spiro atoms. The van der Waals surface area contributed by atoms with Crippen LogP contribution in [0.1, 0.15) is 43.5 Å². The summed E-state index contributed by atoms with van der Waals surface area (Å²) < 4.78 is 24.3. The Morgan fingerprint density at radius 3 is 2.38 bits per heavy atom. The Hall–Kier alpha value is -1.11. The topological polar surface area (TPSA) is 66.5 Å². The van der Waals surface area contributed by atoms with Crippen molar-refractivity contribution in [3.63, 3.8) is 0 Å². The molecule has 3 rings (SSSR count). The molecule has 1 aromatic carbocycles. The van der Waals surface area contributed by atoms with E-state index in [4.69, 9.17) is 0 Å². The average molecular weight is 373 g/mol. The third kappa shape index (κ3) is 3.76. The maximum atomic E-state index is 12.7. The van der Waals surface area contributed by atoms with Crippen LogP contribution >= 0.6 is 12.4 Å². The lowest BCUT2D eigenvalue weighted by Crippen LogP contribution is -2.39. The van der Waals surface area contributed by atoms with Gasteiger partial charge in [-0.2, -0.15) is 0 Å². The first-order valence-electron chi connectivity index (χ1n) is 8.27. The van der Waals surface area contributed by atoms with Crippen molar-refractivity contribution in [1.29, 1.82) is 0 Å². The van der Waals surface area contributed by atoms with Gasteiger partial charge in [0.25, 0.3) is 5.91 Å². The summed E-state index contributed by atoms with van der Waals surface area (Å²) in [5.74, 6) is -0.00663. The molecule has 2 bridgehead atoms. The zero-order valence-electron chi connectivity index (χ0n) is 14.1. The molecule has 0 saturated carbocycles. The van der Waals surface area contributed by atoms with Crippen molar-refractivity contribution < 1.29 is 13.2 Å². The molecular formula is C17H25ClN2O3S. The van der Waals surface area contributed by atoms with Crippen LogP contribution in [0.3, 0.4) is 0 Å². The molecular weight excluding hydrogens is 348 g/mol. The summed E-state index contributed by atoms with van der Waals surface area (Å²) in [6, 6.07) is 7.29. The molecule has 2 heterocycles. The highest BCUT2D eigenvalue weighted by Crippen LogP contribution is 2.22. The van der Waals surface area contributed by atoms with Gasteiger partial charge in [0.05, 0.1) is 10.1 Å². The van der Waals surface area contributed by atoms with E-state index < -0.39 is 15.1 Å². The Morgan fingerprint density at radius 1 is 1.12 bits per heavy atom. The standard InChI is InChI=1S/C17H24N2O3S.ClH/c1-12(2)23(21,22)16-7-3-13(4-8-16)17(20)19-10-9-14-5-6-15(11-19)18-14;/h3-4,7-8,12,14-15,18H,5-6,9-11H2,1-2H3;1H. The third-order valence-corrected chi connectivity index (χ3v) is 7.03. The average Bonchev–Trinajstić information content (AvgIpc) is 2.86. The fourth-order valence-corrected chi connectivity index (χ4v) is 4.43. The summed E-state index contributed by atoms with van der Waals surface area (Å²) >= 11 is 0. The highest BCUT2D eigenvalue weighted by atomic mass is 35.5. The molecule has 2 aliphatic rings. The predicted molar refractivity (Wildman–Crippen MR) is 96.5 cm³/mol. The first-order valence-corrected chi connectivity index (χ1v) is 9.82. The van der Waals surface area contributed by atoms with E-state index in [1.807, 2.05) is 4.90 Å². The van der Waals surface area contributed by atoms with Crippen LogP contribution < -0.4 is 5.32 Å². The second-order valence-electron chi connectivity index (χ2n) is 6.80. The number of carbonyl (C=O) groups is 1. The fraction of sp³-hybridized carbons (Fsp3) is 0.588. The molecule has 0 aliphatic carbocycles. The molecule has 134 valence electrons. The number of nitrogens with one attached hydrogen (secondary N) is 1. The number of nitrogens with zero attached hydrogens (tertiary/aromatic N) is 1. The Morgan fingerprint density at radius 2 is 1.75 bits per heavy atom. The zero-order valence-corrected chi connectivity index (χ0v) is 15.7. The van der Waals surface area contributed by atoms with Crippen molar-refractivity contribution in [2.24, 2.45) is 0 Å². The summed E-state index contributed by atoms with van der Waals surface area (Å²) in [4.78, 5) is 14.8. The van der Waals surface area contributed by atoms with Crippen LogP contribution in [0.4, 0.5) is 0 Å². The molecule has 1 aromatic rings. The van der Waals surface area contributed by atoms with Crippen LogP contribution in [0.2, 0.25) is 0 Å². The maximum Gasteiger partial charge on any atom is 0.253 e. The van der Waals surface area contributed by atoms with Crippen molar-refractivity contribution in [2.45, 2.75) is 55.3 Å². The minimum atomic E-state index is -3.29. The van der Waals surface area contributed by atoms with Gasteiger partial charge >= 0.3 is 0 Å². The summed E-state index contributed by atoms with van der Waals surface area (Å²) in [5.41, 5.74) is 0.561. The zero-order chi connectivity index (χ0) is 16.6.